The SMILES string of the molecule is CCCCCC(CCSCCCCCCCCC(C)OCCCO[P+](=O)O)C1CCCCCC1. The van der Waals surface area contributed by atoms with Crippen LogP contribution in [0.5, 0.6) is 0 Å². The third-order valence-corrected chi connectivity index (χ3v) is 8.93. The highest BCUT2D eigenvalue weighted by Crippen LogP contribution is 2.34. The van der Waals surface area contributed by atoms with E-state index in [-0.39, 0.29) is 12.7 Å². The van der Waals surface area contributed by atoms with Gasteiger partial charge < -0.3 is 4.74 Å². The molecule has 0 heterocycles. The Hall–Kier alpha value is 0.330. The average Bonchev–Trinajstić information content (AvgIpc) is 3.10. The molecular weight excluding hydrogens is 463 g/mol. The van der Waals surface area contributed by atoms with E-state index in [2.05, 4.69) is 30.1 Å². The Balaban J connectivity index is 1.95. The molecule has 0 aromatic heterocycles. The number of rotatable bonds is 23. The van der Waals surface area contributed by atoms with Gasteiger partial charge in [0, 0.05) is 11.2 Å². The fourth-order valence-electron chi connectivity index (χ4n) is 5.30. The average molecular weight is 520 g/mol. The lowest BCUT2D eigenvalue weighted by atomic mass is 9.81. The fourth-order valence-corrected chi connectivity index (χ4v) is 6.67. The zero-order valence-electron chi connectivity index (χ0n) is 22.5. The predicted molar refractivity (Wildman–Crippen MR) is 149 cm³/mol. The molecule has 3 unspecified atom stereocenters. The molecule has 0 bridgehead atoms. The van der Waals surface area contributed by atoms with Crippen molar-refractivity contribution in [3.8, 4) is 0 Å². The summed E-state index contributed by atoms with van der Waals surface area (Å²) in [4.78, 5) is 8.57. The van der Waals surface area contributed by atoms with Crippen molar-refractivity contribution in [3.63, 3.8) is 0 Å². The van der Waals surface area contributed by atoms with Gasteiger partial charge in [-0.2, -0.15) is 11.8 Å². The van der Waals surface area contributed by atoms with Gasteiger partial charge in [0.25, 0.3) is 0 Å². The van der Waals surface area contributed by atoms with Crippen LogP contribution in [0.25, 0.3) is 0 Å². The van der Waals surface area contributed by atoms with Crippen LogP contribution in [0, 0.1) is 11.8 Å². The molecule has 0 aromatic carbocycles. The summed E-state index contributed by atoms with van der Waals surface area (Å²) in [6.45, 7) is 5.34. The molecule has 3 atom stereocenters. The first-order valence-electron chi connectivity index (χ1n) is 14.6. The molecule has 1 fully saturated rings. The van der Waals surface area contributed by atoms with E-state index in [4.69, 9.17) is 9.63 Å². The van der Waals surface area contributed by atoms with Crippen LogP contribution in [0.4, 0.5) is 0 Å². The van der Waals surface area contributed by atoms with Crippen molar-refractivity contribution in [1.82, 2.24) is 0 Å². The van der Waals surface area contributed by atoms with Crippen molar-refractivity contribution in [2.75, 3.05) is 24.7 Å². The second-order valence-electron chi connectivity index (χ2n) is 10.4. The topological polar surface area (TPSA) is 55.8 Å². The summed E-state index contributed by atoms with van der Waals surface area (Å²) in [6.07, 6.45) is 26.2. The van der Waals surface area contributed by atoms with Crippen molar-refractivity contribution in [3.05, 3.63) is 0 Å². The van der Waals surface area contributed by atoms with Gasteiger partial charge in [-0.05, 0) is 55.9 Å². The standard InChI is InChI=1S/C28H55O4PS/c1-3-4-11-18-28(27-19-13-8-9-14-20-27)21-25-34-24-15-10-6-5-7-12-17-26(2)31-22-16-23-32-33(29)30/h26-28H,3-25H2,1-2H3/p+1. The molecule has 1 rings (SSSR count). The Morgan fingerprint density at radius 3 is 2.21 bits per heavy atom. The molecule has 1 N–H and O–H groups in total. The van der Waals surface area contributed by atoms with E-state index in [1.807, 2.05) is 0 Å². The summed E-state index contributed by atoms with van der Waals surface area (Å²) in [5.41, 5.74) is 0. The van der Waals surface area contributed by atoms with Gasteiger partial charge in [0.2, 0.25) is 0 Å². The minimum absolute atomic E-state index is 0.267. The van der Waals surface area contributed by atoms with E-state index in [1.54, 1.807) is 0 Å². The van der Waals surface area contributed by atoms with Crippen molar-refractivity contribution in [2.45, 2.75) is 142 Å². The maximum atomic E-state index is 10.4. The van der Waals surface area contributed by atoms with Crippen LogP contribution in [0.15, 0.2) is 0 Å². The summed E-state index contributed by atoms with van der Waals surface area (Å²) < 4.78 is 20.8. The van der Waals surface area contributed by atoms with Crippen molar-refractivity contribution in [1.29, 1.82) is 0 Å². The zero-order chi connectivity index (χ0) is 24.7. The first-order chi connectivity index (χ1) is 16.6. The van der Waals surface area contributed by atoms with Gasteiger partial charge in [0.15, 0.2) is 0 Å². The van der Waals surface area contributed by atoms with Crippen LogP contribution < -0.4 is 0 Å². The van der Waals surface area contributed by atoms with Gasteiger partial charge in [0.1, 0.15) is 6.61 Å². The largest absolute Gasteiger partial charge is 0.694 e. The molecule has 0 radical (unpaired) electrons. The first-order valence-corrected chi connectivity index (χ1v) is 16.9. The Labute approximate surface area is 217 Å². The molecule has 0 aliphatic heterocycles. The third kappa shape index (κ3) is 19.5. The van der Waals surface area contributed by atoms with Crippen LogP contribution in [-0.2, 0) is 13.8 Å². The van der Waals surface area contributed by atoms with Crippen molar-refractivity contribution < 1.29 is 18.7 Å². The Morgan fingerprint density at radius 2 is 1.50 bits per heavy atom. The maximum absolute atomic E-state index is 10.4. The van der Waals surface area contributed by atoms with Crippen LogP contribution >= 0.6 is 20.0 Å². The van der Waals surface area contributed by atoms with Crippen LogP contribution in [-0.4, -0.2) is 35.7 Å². The van der Waals surface area contributed by atoms with E-state index in [1.165, 1.54) is 121 Å². The summed E-state index contributed by atoms with van der Waals surface area (Å²) in [7, 11) is -2.47. The van der Waals surface area contributed by atoms with E-state index < -0.39 is 8.25 Å². The minimum Gasteiger partial charge on any atom is -0.378 e. The second kappa shape index (κ2) is 23.7. The van der Waals surface area contributed by atoms with Crippen LogP contribution in [0.1, 0.15) is 136 Å². The van der Waals surface area contributed by atoms with Gasteiger partial charge in [-0.15, -0.1) is 9.42 Å². The van der Waals surface area contributed by atoms with Gasteiger partial charge >= 0.3 is 8.25 Å². The first kappa shape index (κ1) is 32.4. The minimum atomic E-state index is -2.47. The molecular formula is C28H56O4PS+. The zero-order valence-corrected chi connectivity index (χ0v) is 24.2. The fraction of sp³-hybridized carbons (Fsp3) is 1.00. The lowest BCUT2D eigenvalue weighted by Gasteiger charge is -2.26. The van der Waals surface area contributed by atoms with E-state index in [0.29, 0.717) is 13.0 Å². The van der Waals surface area contributed by atoms with E-state index in [0.717, 1.165) is 18.3 Å². The Morgan fingerprint density at radius 1 is 0.824 bits per heavy atom. The number of hydrogen-bond acceptors (Lipinski definition) is 4. The number of thioether (sulfide) groups is 1. The van der Waals surface area contributed by atoms with Gasteiger partial charge in [0.05, 0.1) is 6.10 Å². The molecule has 6 heteroatoms. The highest BCUT2D eigenvalue weighted by Gasteiger charge is 2.22. The molecule has 1 saturated carbocycles. The monoisotopic (exact) mass is 519 g/mol. The number of hydrogen-bond donors (Lipinski definition) is 1. The molecule has 0 aromatic rings. The molecule has 202 valence electrons. The predicted octanol–water partition coefficient (Wildman–Crippen LogP) is 9.47. The van der Waals surface area contributed by atoms with Crippen molar-refractivity contribution >= 4 is 20.0 Å². The third-order valence-electron chi connectivity index (χ3n) is 7.42. The Bertz CT molecular complexity index is 458. The normalized spacial score (nSPS) is 17.4. The summed E-state index contributed by atoms with van der Waals surface area (Å²) in [5.74, 6) is 4.77. The molecule has 0 spiro atoms. The van der Waals surface area contributed by atoms with Gasteiger partial charge in [-0.25, -0.2) is 0 Å². The number of ether oxygens (including phenoxy) is 1. The Kier molecular flexibility index (Phi) is 22.6. The summed E-state index contributed by atoms with van der Waals surface area (Å²) in [6, 6.07) is 0. The molecule has 0 saturated heterocycles. The second-order valence-corrected chi connectivity index (χ2v) is 12.4. The lowest BCUT2D eigenvalue weighted by Crippen LogP contribution is -2.15. The quantitative estimate of drug-likeness (QED) is 0.0827. The molecule has 1 aliphatic rings. The molecule has 4 nitrogen and oxygen atoms in total. The smallest absolute Gasteiger partial charge is 0.378 e. The van der Waals surface area contributed by atoms with E-state index in [9.17, 15) is 4.57 Å². The van der Waals surface area contributed by atoms with Crippen LogP contribution in [0.2, 0.25) is 0 Å². The maximum Gasteiger partial charge on any atom is 0.694 e. The molecule has 34 heavy (non-hydrogen) atoms. The highest BCUT2D eigenvalue weighted by molar-refractivity contribution is 7.99. The van der Waals surface area contributed by atoms with Crippen molar-refractivity contribution in [2.24, 2.45) is 11.8 Å². The van der Waals surface area contributed by atoms with Crippen LogP contribution in [0.3, 0.4) is 0 Å². The van der Waals surface area contributed by atoms with Gasteiger partial charge in [-0.3, -0.25) is 0 Å². The number of unbranched alkanes of at least 4 members (excludes halogenated alkanes) is 7. The molecule has 0 amide bonds. The summed E-state index contributed by atoms with van der Waals surface area (Å²) in [5, 5.41) is 0. The highest BCUT2D eigenvalue weighted by atomic mass is 32.2. The van der Waals surface area contributed by atoms with E-state index >= 15 is 0 Å². The lowest BCUT2D eigenvalue weighted by molar-refractivity contribution is 0.0505. The summed E-state index contributed by atoms with van der Waals surface area (Å²) >= 11 is 2.22. The molecule has 1 aliphatic carbocycles. The van der Waals surface area contributed by atoms with Gasteiger partial charge in [-0.1, -0.05) is 103 Å².